The van der Waals surface area contributed by atoms with Crippen molar-refractivity contribution in [3.8, 4) is 0 Å². The summed E-state index contributed by atoms with van der Waals surface area (Å²) < 4.78 is 43.1. The molecule has 0 amide bonds. The molecule has 0 aliphatic heterocycles. The predicted molar refractivity (Wildman–Crippen MR) is 66.2 cm³/mol. The average molecular weight is 278 g/mol. The molecule has 0 aliphatic rings. The molecule has 0 fully saturated rings. The zero-order valence-electron chi connectivity index (χ0n) is 11.0. The molecular weight excluding hydrogens is 261 g/mol. The third-order valence-corrected chi connectivity index (χ3v) is 2.26. The molecule has 1 heterocycles. The minimum atomic E-state index is -4.57. The largest absolute Gasteiger partial charge is 0.451 e. The Morgan fingerprint density at radius 1 is 1.32 bits per heavy atom. The molecule has 1 aromatic heterocycles. The van der Waals surface area contributed by atoms with E-state index in [1.54, 1.807) is 0 Å². The van der Waals surface area contributed by atoms with Crippen molar-refractivity contribution in [2.75, 3.05) is 30.8 Å². The fraction of sp³-hybridized carbons (Fsp3) is 0.636. The van der Waals surface area contributed by atoms with Crippen LogP contribution in [0.4, 0.5) is 24.8 Å². The molecule has 2 N–H and O–H groups in total. The van der Waals surface area contributed by atoms with Crippen molar-refractivity contribution in [3.05, 3.63) is 11.9 Å². The Hall–Kier alpha value is -1.57. The molecule has 0 spiro atoms. The number of nitrogens with one attached hydrogen (secondary N) is 2. The van der Waals surface area contributed by atoms with Gasteiger partial charge in [-0.3, -0.25) is 0 Å². The Bertz CT molecular complexity index is 411. The Labute approximate surface area is 109 Å². The van der Waals surface area contributed by atoms with Crippen LogP contribution in [0.25, 0.3) is 0 Å². The van der Waals surface area contributed by atoms with Gasteiger partial charge in [0.2, 0.25) is 5.82 Å². The van der Waals surface area contributed by atoms with E-state index in [0.29, 0.717) is 13.2 Å². The van der Waals surface area contributed by atoms with E-state index >= 15 is 0 Å². The van der Waals surface area contributed by atoms with Gasteiger partial charge in [-0.1, -0.05) is 0 Å². The van der Waals surface area contributed by atoms with Gasteiger partial charge in [-0.05, 0) is 13.8 Å². The Morgan fingerprint density at radius 2 is 1.95 bits per heavy atom. The fourth-order valence-corrected chi connectivity index (χ4v) is 1.38. The van der Waals surface area contributed by atoms with Crippen LogP contribution in [0.15, 0.2) is 6.07 Å². The predicted octanol–water partition coefficient (Wildman–Crippen LogP) is 2.37. The molecule has 108 valence electrons. The summed E-state index contributed by atoms with van der Waals surface area (Å²) in [5.74, 6) is -0.960. The monoisotopic (exact) mass is 278 g/mol. The molecule has 1 unspecified atom stereocenters. The van der Waals surface area contributed by atoms with Gasteiger partial charge < -0.3 is 15.4 Å². The number of nitrogens with zero attached hydrogens (tertiary/aromatic N) is 2. The first kappa shape index (κ1) is 15.5. The highest BCUT2D eigenvalue weighted by molar-refractivity contribution is 5.47. The van der Waals surface area contributed by atoms with Gasteiger partial charge in [-0.2, -0.15) is 13.2 Å². The van der Waals surface area contributed by atoms with Gasteiger partial charge in [0.1, 0.15) is 11.6 Å². The van der Waals surface area contributed by atoms with Crippen LogP contribution in [0, 0.1) is 0 Å². The molecule has 0 radical (unpaired) electrons. The van der Waals surface area contributed by atoms with E-state index in [9.17, 15) is 13.2 Å². The number of halogens is 3. The molecule has 5 nitrogen and oxygen atoms in total. The van der Waals surface area contributed by atoms with Crippen LogP contribution in [-0.4, -0.2) is 36.3 Å². The van der Waals surface area contributed by atoms with Gasteiger partial charge in [-0.15, -0.1) is 0 Å². The van der Waals surface area contributed by atoms with E-state index < -0.39 is 12.0 Å². The van der Waals surface area contributed by atoms with E-state index in [4.69, 9.17) is 4.74 Å². The van der Waals surface area contributed by atoms with Gasteiger partial charge >= 0.3 is 6.18 Å². The molecule has 0 saturated heterocycles. The molecular formula is C11H17F3N4O. The average Bonchev–Trinajstić information content (AvgIpc) is 2.35. The lowest BCUT2D eigenvalue weighted by molar-refractivity contribution is -0.144. The van der Waals surface area contributed by atoms with Crippen molar-refractivity contribution in [1.82, 2.24) is 9.97 Å². The van der Waals surface area contributed by atoms with Crippen LogP contribution in [0.1, 0.15) is 19.7 Å². The second kappa shape index (κ2) is 6.55. The number of aromatic nitrogens is 2. The van der Waals surface area contributed by atoms with Crippen LogP contribution in [-0.2, 0) is 10.9 Å². The third-order valence-electron chi connectivity index (χ3n) is 2.26. The number of alkyl halides is 3. The highest BCUT2D eigenvalue weighted by Crippen LogP contribution is 2.28. The Kier molecular flexibility index (Phi) is 5.34. The Balaban J connectivity index is 2.83. The van der Waals surface area contributed by atoms with Gasteiger partial charge in [0, 0.05) is 26.3 Å². The zero-order valence-corrected chi connectivity index (χ0v) is 11.0. The minimum absolute atomic E-state index is 0.105. The van der Waals surface area contributed by atoms with Gasteiger partial charge in [-0.25, -0.2) is 9.97 Å². The topological polar surface area (TPSA) is 59.1 Å². The standard InChI is InChI=1S/C11H17F3N4O/c1-4-19-7(2)6-16-9-5-8(15-3)17-10(18-9)11(12,13)14/h5,7H,4,6H2,1-3H3,(H2,15,16,17,18). The van der Waals surface area contributed by atoms with Crippen LogP contribution in [0.3, 0.4) is 0 Å². The first-order chi connectivity index (χ1) is 8.86. The second-order valence-corrected chi connectivity index (χ2v) is 3.86. The van der Waals surface area contributed by atoms with Crippen molar-refractivity contribution in [1.29, 1.82) is 0 Å². The Morgan fingerprint density at radius 3 is 2.47 bits per heavy atom. The van der Waals surface area contributed by atoms with E-state index in [0.717, 1.165) is 0 Å². The summed E-state index contributed by atoms with van der Waals surface area (Å²) in [4.78, 5) is 6.81. The summed E-state index contributed by atoms with van der Waals surface area (Å²) in [6.45, 7) is 4.58. The highest BCUT2D eigenvalue weighted by atomic mass is 19.4. The maximum Gasteiger partial charge on any atom is 0.451 e. The van der Waals surface area contributed by atoms with Gasteiger partial charge in [0.25, 0.3) is 0 Å². The quantitative estimate of drug-likeness (QED) is 0.836. The molecule has 0 aromatic carbocycles. The number of hydrogen-bond acceptors (Lipinski definition) is 5. The van der Waals surface area contributed by atoms with Gasteiger partial charge in [0.05, 0.1) is 6.10 Å². The van der Waals surface area contributed by atoms with Gasteiger partial charge in [0.15, 0.2) is 0 Å². The summed E-state index contributed by atoms with van der Waals surface area (Å²) in [5, 5.41) is 5.37. The van der Waals surface area contributed by atoms with E-state index in [-0.39, 0.29) is 17.7 Å². The zero-order chi connectivity index (χ0) is 14.5. The number of hydrogen-bond donors (Lipinski definition) is 2. The molecule has 0 saturated carbocycles. The lowest BCUT2D eigenvalue weighted by Crippen LogP contribution is -2.21. The number of rotatable bonds is 6. The molecule has 19 heavy (non-hydrogen) atoms. The van der Waals surface area contributed by atoms with E-state index in [1.165, 1.54) is 13.1 Å². The number of anilines is 2. The smallest absolute Gasteiger partial charge is 0.377 e. The molecule has 1 aromatic rings. The van der Waals surface area contributed by atoms with Crippen molar-refractivity contribution < 1.29 is 17.9 Å². The van der Waals surface area contributed by atoms with Crippen LogP contribution in [0.2, 0.25) is 0 Å². The van der Waals surface area contributed by atoms with Crippen molar-refractivity contribution >= 4 is 11.6 Å². The summed E-state index contributed by atoms with van der Waals surface area (Å²) in [5.41, 5.74) is 0. The minimum Gasteiger partial charge on any atom is -0.377 e. The van der Waals surface area contributed by atoms with Crippen LogP contribution in [0.5, 0.6) is 0 Å². The maximum absolute atomic E-state index is 12.6. The van der Waals surface area contributed by atoms with Crippen molar-refractivity contribution in [3.63, 3.8) is 0 Å². The SMILES string of the molecule is CCOC(C)CNc1cc(NC)nc(C(F)(F)F)n1. The normalized spacial score (nSPS) is 13.2. The second-order valence-electron chi connectivity index (χ2n) is 3.86. The summed E-state index contributed by atoms with van der Waals surface area (Å²) in [6.07, 6.45) is -4.69. The van der Waals surface area contributed by atoms with E-state index in [1.807, 2.05) is 13.8 Å². The lowest BCUT2D eigenvalue weighted by atomic mass is 10.4. The summed E-state index contributed by atoms with van der Waals surface area (Å²) >= 11 is 0. The first-order valence-corrected chi connectivity index (χ1v) is 5.86. The van der Waals surface area contributed by atoms with Crippen molar-refractivity contribution in [2.45, 2.75) is 26.1 Å². The van der Waals surface area contributed by atoms with Crippen LogP contribution < -0.4 is 10.6 Å². The maximum atomic E-state index is 12.6. The molecule has 1 atom stereocenters. The molecule has 0 bridgehead atoms. The molecule has 8 heteroatoms. The summed E-state index contributed by atoms with van der Waals surface area (Å²) in [7, 11) is 1.50. The van der Waals surface area contributed by atoms with E-state index in [2.05, 4.69) is 20.6 Å². The number of ether oxygens (including phenoxy) is 1. The highest BCUT2D eigenvalue weighted by Gasteiger charge is 2.35. The third kappa shape index (κ3) is 4.90. The molecule has 1 rings (SSSR count). The first-order valence-electron chi connectivity index (χ1n) is 5.86. The molecule has 0 aliphatic carbocycles. The van der Waals surface area contributed by atoms with Crippen LogP contribution >= 0.6 is 0 Å². The lowest BCUT2D eigenvalue weighted by Gasteiger charge is -2.14. The summed E-state index contributed by atoms with van der Waals surface area (Å²) in [6, 6.07) is 1.41. The van der Waals surface area contributed by atoms with Crippen molar-refractivity contribution in [2.24, 2.45) is 0 Å². The fourth-order valence-electron chi connectivity index (χ4n) is 1.38.